The van der Waals surface area contributed by atoms with Crippen molar-refractivity contribution in [1.29, 1.82) is 0 Å². The Morgan fingerprint density at radius 3 is 2.77 bits per heavy atom. The molecule has 0 radical (unpaired) electrons. The van der Waals surface area contributed by atoms with Crippen LogP contribution >= 0.6 is 22.9 Å². The molecular formula is C14H12ClNO4S2. The summed E-state index contributed by atoms with van der Waals surface area (Å²) in [7, 11) is -2.54. The Morgan fingerprint density at radius 1 is 1.36 bits per heavy atom. The van der Waals surface area contributed by atoms with E-state index in [1.54, 1.807) is 11.4 Å². The molecule has 0 saturated heterocycles. The average molecular weight is 358 g/mol. The van der Waals surface area contributed by atoms with Gasteiger partial charge in [0.2, 0.25) is 0 Å². The molecular weight excluding hydrogens is 346 g/mol. The van der Waals surface area contributed by atoms with Gasteiger partial charge in [0, 0.05) is 5.02 Å². The number of carbonyl (C=O) groups is 1. The minimum atomic E-state index is -3.90. The molecule has 0 spiro atoms. The van der Waals surface area contributed by atoms with E-state index in [0.717, 1.165) is 11.0 Å². The fraction of sp³-hybridized carbons (Fsp3) is 0.0714. The van der Waals surface area contributed by atoms with Gasteiger partial charge in [-0.3, -0.25) is 4.79 Å². The number of rotatable bonds is 5. The molecule has 8 heteroatoms. The van der Waals surface area contributed by atoms with Gasteiger partial charge in [-0.25, -0.2) is 13.1 Å². The van der Waals surface area contributed by atoms with Crippen molar-refractivity contribution >= 4 is 44.9 Å². The zero-order valence-electron chi connectivity index (χ0n) is 11.4. The van der Waals surface area contributed by atoms with Crippen molar-refractivity contribution in [1.82, 2.24) is 4.72 Å². The second-order valence-corrected chi connectivity index (χ2v) is 6.96. The lowest BCUT2D eigenvalue weighted by Gasteiger charge is -2.08. The molecule has 1 aromatic heterocycles. The Kier molecular flexibility index (Phi) is 5.23. The lowest BCUT2D eigenvalue weighted by molar-refractivity contribution is 0.0979. The fourth-order valence-corrected chi connectivity index (χ4v) is 3.17. The van der Waals surface area contributed by atoms with Gasteiger partial charge in [-0.15, -0.1) is 0 Å². The molecule has 0 aliphatic heterocycles. The maximum Gasteiger partial charge on any atom is 0.268 e. The molecule has 0 aliphatic rings. The zero-order chi connectivity index (χ0) is 16.2. The smallest absolute Gasteiger partial charge is 0.268 e. The highest BCUT2D eigenvalue weighted by Crippen LogP contribution is 2.23. The summed E-state index contributed by atoms with van der Waals surface area (Å²) in [6.07, 6.45) is 1.41. The number of carbonyl (C=O) groups excluding carboxylic acids is 1. The van der Waals surface area contributed by atoms with Gasteiger partial charge in [0.1, 0.15) is 5.75 Å². The number of hydrogen-bond acceptors (Lipinski definition) is 5. The minimum absolute atomic E-state index is 0.0828. The standard InChI is InChI=1S/C14H12ClNO4S2/c1-20-13-8-11(15)2-3-12(13)14(17)16-22(18,19)7-5-10-4-6-21-9-10/h2-9H,1H3,(H,16,17). The third-order valence-corrected chi connectivity index (χ3v) is 4.53. The van der Waals surface area contributed by atoms with Crippen LogP contribution < -0.4 is 9.46 Å². The van der Waals surface area contributed by atoms with Crippen molar-refractivity contribution in [2.24, 2.45) is 0 Å². The van der Waals surface area contributed by atoms with E-state index in [1.165, 1.54) is 42.7 Å². The summed E-state index contributed by atoms with van der Waals surface area (Å²) < 4.78 is 30.8. The summed E-state index contributed by atoms with van der Waals surface area (Å²) in [5.41, 5.74) is 0.825. The van der Waals surface area contributed by atoms with Crippen LogP contribution in [-0.2, 0) is 10.0 Å². The number of hydrogen-bond donors (Lipinski definition) is 1. The van der Waals surface area contributed by atoms with E-state index in [2.05, 4.69) is 0 Å². The highest BCUT2D eigenvalue weighted by molar-refractivity contribution is 7.93. The van der Waals surface area contributed by atoms with Crippen LogP contribution in [0.15, 0.2) is 40.4 Å². The summed E-state index contributed by atoms with van der Waals surface area (Å²) in [4.78, 5) is 12.1. The molecule has 2 rings (SSSR count). The normalized spacial score (nSPS) is 11.5. The molecule has 1 N–H and O–H groups in total. The third kappa shape index (κ3) is 4.33. The molecule has 116 valence electrons. The number of nitrogens with one attached hydrogen (secondary N) is 1. The molecule has 2 aromatic rings. The van der Waals surface area contributed by atoms with Crippen LogP contribution in [0.3, 0.4) is 0 Å². The first kappa shape index (κ1) is 16.5. The number of thiophene rings is 1. The molecule has 0 fully saturated rings. The monoisotopic (exact) mass is 357 g/mol. The van der Waals surface area contributed by atoms with Crippen LogP contribution in [-0.4, -0.2) is 21.4 Å². The van der Waals surface area contributed by atoms with Crippen LogP contribution in [0.25, 0.3) is 6.08 Å². The van der Waals surface area contributed by atoms with Gasteiger partial charge in [0.05, 0.1) is 18.1 Å². The minimum Gasteiger partial charge on any atom is -0.496 e. The summed E-state index contributed by atoms with van der Waals surface area (Å²) in [6.45, 7) is 0. The van der Waals surface area contributed by atoms with Gasteiger partial charge in [0.15, 0.2) is 0 Å². The lowest BCUT2D eigenvalue weighted by Crippen LogP contribution is -2.29. The maximum atomic E-state index is 12.1. The van der Waals surface area contributed by atoms with E-state index in [4.69, 9.17) is 16.3 Å². The summed E-state index contributed by atoms with van der Waals surface area (Å²) in [5, 5.41) is 4.93. The average Bonchev–Trinajstić information content (AvgIpc) is 2.97. The molecule has 22 heavy (non-hydrogen) atoms. The largest absolute Gasteiger partial charge is 0.496 e. The Hall–Kier alpha value is -1.83. The Bertz CT molecular complexity index is 798. The number of amides is 1. The third-order valence-electron chi connectivity index (χ3n) is 2.63. The topological polar surface area (TPSA) is 72.5 Å². The van der Waals surface area contributed by atoms with Crippen LogP contribution in [0.5, 0.6) is 5.75 Å². The highest BCUT2D eigenvalue weighted by Gasteiger charge is 2.17. The fourth-order valence-electron chi connectivity index (χ4n) is 1.61. The van der Waals surface area contributed by atoms with Crippen molar-refractivity contribution in [2.75, 3.05) is 7.11 Å². The quantitative estimate of drug-likeness (QED) is 0.892. The predicted molar refractivity (Wildman–Crippen MR) is 87.7 cm³/mol. The number of ether oxygens (including phenoxy) is 1. The van der Waals surface area contributed by atoms with Crippen molar-refractivity contribution in [2.45, 2.75) is 0 Å². The van der Waals surface area contributed by atoms with Crippen LogP contribution in [0, 0.1) is 0 Å². The SMILES string of the molecule is COc1cc(Cl)ccc1C(=O)NS(=O)(=O)C=Cc1ccsc1. The summed E-state index contributed by atoms with van der Waals surface area (Å²) in [6, 6.07) is 6.08. The van der Waals surface area contributed by atoms with Crippen molar-refractivity contribution < 1.29 is 17.9 Å². The number of methoxy groups -OCH3 is 1. The first-order valence-electron chi connectivity index (χ1n) is 6.02. The van der Waals surface area contributed by atoms with E-state index in [-0.39, 0.29) is 11.3 Å². The first-order chi connectivity index (χ1) is 10.4. The Balaban J connectivity index is 2.17. The lowest BCUT2D eigenvalue weighted by atomic mass is 10.2. The zero-order valence-corrected chi connectivity index (χ0v) is 13.8. The Labute approximate surface area is 137 Å². The van der Waals surface area contributed by atoms with E-state index in [0.29, 0.717) is 5.02 Å². The molecule has 0 saturated carbocycles. The van der Waals surface area contributed by atoms with Crippen LogP contribution in [0.1, 0.15) is 15.9 Å². The summed E-state index contributed by atoms with van der Waals surface area (Å²) >= 11 is 7.24. The Morgan fingerprint density at radius 2 is 2.14 bits per heavy atom. The molecule has 1 heterocycles. The van der Waals surface area contributed by atoms with Gasteiger partial charge in [0.25, 0.3) is 15.9 Å². The van der Waals surface area contributed by atoms with Crippen LogP contribution in [0.2, 0.25) is 5.02 Å². The number of sulfonamides is 1. The second-order valence-electron chi connectivity index (χ2n) is 4.18. The molecule has 0 aliphatic carbocycles. The second kappa shape index (κ2) is 6.95. The molecule has 1 amide bonds. The number of benzene rings is 1. The highest BCUT2D eigenvalue weighted by atomic mass is 35.5. The predicted octanol–water partition coefficient (Wildman–Crippen LogP) is 3.14. The van der Waals surface area contributed by atoms with Crippen molar-refractivity contribution in [3.05, 3.63) is 56.6 Å². The van der Waals surface area contributed by atoms with Crippen molar-refractivity contribution in [3.8, 4) is 5.75 Å². The van der Waals surface area contributed by atoms with Gasteiger partial charge in [-0.2, -0.15) is 11.3 Å². The molecule has 5 nitrogen and oxygen atoms in total. The van der Waals surface area contributed by atoms with Gasteiger partial charge >= 0.3 is 0 Å². The van der Waals surface area contributed by atoms with E-state index in [1.807, 2.05) is 10.1 Å². The molecule has 0 bridgehead atoms. The van der Waals surface area contributed by atoms with E-state index >= 15 is 0 Å². The molecule has 1 aromatic carbocycles. The van der Waals surface area contributed by atoms with Crippen LogP contribution in [0.4, 0.5) is 0 Å². The van der Waals surface area contributed by atoms with E-state index < -0.39 is 15.9 Å². The molecule has 0 unspecified atom stereocenters. The number of halogens is 1. The maximum absolute atomic E-state index is 12.1. The summed E-state index contributed by atoms with van der Waals surface area (Å²) in [5.74, 6) is -0.592. The first-order valence-corrected chi connectivity index (χ1v) is 8.89. The molecule has 0 atom stereocenters. The van der Waals surface area contributed by atoms with Crippen molar-refractivity contribution in [3.63, 3.8) is 0 Å². The van der Waals surface area contributed by atoms with Gasteiger partial charge in [-0.05, 0) is 46.7 Å². The van der Waals surface area contributed by atoms with Gasteiger partial charge in [-0.1, -0.05) is 11.6 Å². The van der Waals surface area contributed by atoms with E-state index in [9.17, 15) is 13.2 Å². The van der Waals surface area contributed by atoms with Gasteiger partial charge < -0.3 is 4.74 Å².